The Hall–Kier alpha value is -0.650. The molecular weight excluding hydrogens is 322 g/mol. The van der Waals surface area contributed by atoms with Crippen LogP contribution in [0.2, 0.25) is 0 Å². The summed E-state index contributed by atoms with van der Waals surface area (Å²) < 4.78 is 0.979. The number of halogens is 1. The second kappa shape index (κ2) is 6.20. The van der Waals surface area contributed by atoms with Gasteiger partial charge in [0.15, 0.2) is 0 Å². The number of rotatable bonds is 3. The van der Waals surface area contributed by atoms with Gasteiger partial charge in [-0.05, 0) is 61.1 Å². The van der Waals surface area contributed by atoms with Crippen LogP contribution in [0, 0.1) is 0 Å². The maximum atomic E-state index is 5.68. The predicted molar refractivity (Wildman–Crippen MR) is 89.0 cm³/mol. The third-order valence-corrected chi connectivity index (χ3v) is 4.65. The van der Waals surface area contributed by atoms with Gasteiger partial charge < -0.3 is 15.5 Å². The molecular formula is C14H20BrN3S. The molecule has 0 radical (unpaired) electrons. The summed E-state index contributed by atoms with van der Waals surface area (Å²) in [5.74, 6) is 0. The molecule has 5 heteroatoms. The second-order valence-electron chi connectivity index (χ2n) is 5.21. The summed E-state index contributed by atoms with van der Waals surface area (Å²) in [6, 6.07) is 6.93. The van der Waals surface area contributed by atoms with Gasteiger partial charge in [0, 0.05) is 34.9 Å². The molecule has 0 aromatic heterocycles. The molecule has 0 saturated carbocycles. The molecule has 19 heavy (non-hydrogen) atoms. The molecule has 104 valence electrons. The molecule has 2 rings (SSSR count). The lowest BCUT2D eigenvalue weighted by molar-refractivity contribution is 0.249. The van der Waals surface area contributed by atoms with Gasteiger partial charge in [-0.25, -0.2) is 0 Å². The first kappa shape index (κ1) is 14.8. The average molecular weight is 342 g/mol. The summed E-state index contributed by atoms with van der Waals surface area (Å²) in [7, 11) is 4.32. The molecule has 1 saturated heterocycles. The highest BCUT2D eigenvalue weighted by molar-refractivity contribution is 9.10. The van der Waals surface area contributed by atoms with E-state index >= 15 is 0 Å². The minimum atomic E-state index is 0.435. The van der Waals surface area contributed by atoms with Crippen LogP contribution in [-0.2, 0) is 0 Å². The van der Waals surface area contributed by atoms with E-state index in [2.05, 4.69) is 52.0 Å². The van der Waals surface area contributed by atoms with Crippen LogP contribution >= 0.6 is 28.1 Å². The molecule has 0 aliphatic carbocycles. The summed E-state index contributed by atoms with van der Waals surface area (Å²) in [6.45, 7) is 2.20. The van der Waals surface area contributed by atoms with Crippen molar-refractivity contribution in [3.63, 3.8) is 0 Å². The molecule has 1 aromatic rings. The van der Waals surface area contributed by atoms with E-state index in [0.717, 1.165) is 23.1 Å². The summed E-state index contributed by atoms with van der Waals surface area (Å²) in [4.78, 5) is 5.18. The fourth-order valence-electron chi connectivity index (χ4n) is 2.54. The number of thiocarbonyl (C=S) groups is 1. The van der Waals surface area contributed by atoms with Crippen molar-refractivity contribution >= 4 is 38.8 Å². The summed E-state index contributed by atoms with van der Waals surface area (Å²) >= 11 is 8.57. The Labute approximate surface area is 128 Å². The lowest BCUT2D eigenvalue weighted by atomic mass is 10.0. The molecule has 0 unspecified atom stereocenters. The Morgan fingerprint density at radius 2 is 2.00 bits per heavy atom. The third-order valence-electron chi connectivity index (χ3n) is 3.78. The number of anilines is 1. The fourth-order valence-corrected chi connectivity index (χ4v) is 3.43. The zero-order valence-electron chi connectivity index (χ0n) is 11.4. The molecule has 1 heterocycles. The van der Waals surface area contributed by atoms with Gasteiger partial charge in [-0.3, -0.25) is 0 Å². The lowest BCUT2D eigenvalue weighted by Crippen LogP contribution is -2.42. The molecule has 3 nitrogen and oxygen atoms in total. The number of piperidine rings is 1. The van der Waals surface area contributed by atoms with Crippen LogP contribution in [0.3, 0.4) is 0 Å². The van der Waals surface area contributed by atoms with Gasteiger partial charge in [0.1, 0.15) is 4.99 Å². The van der Waals surface area contributed by atoms with Gasteiger partial charge in [-0.1, -0.05) is 12.2 Å². The minimum Gasteiger partial charge on any atom is -0.389 e. The van der Waals surface area contributed by atoms with Crippen LogP contribution in [-0.4, -0.2) is 43.1 Å². The summed E-state index contributed by atoms with van der Waals surface area (Å²) in [5, 5.41) is 0. The van der Waals surface area contributed by atoms with Gasteiger partial charge in [0.2, 0.25) is 0 Å². The van der Waals surface area contributed by atoms with Crippen molar-refractivity contribution in [2.24, 2.45) is 5.73 Å². The summed E-state index contributed by atoms with van der Waals surface area (Å²) in [5.41, 5.74) is 7.82. The van der Waals surface area contributed by atoms with Crippen molar-refractivity contribution in [1.82, 2.24) is 4.90 Å². The monoisotopic (exact) mass is 341 g/mol. The second-order valence-corrected chi connectivity index (χ2v) is 6.50. The zero-order chi connectivity index (χ0) is 14.0. The Morgan fingerprint density at radius 1 is 1.37 bits per heavy atom. The largest absolute Gasteiger partial charge is 0.389 e. The Kier molecular flexibility index (Phi) is 4.81. The van der Waals surface area contributed by atoms with Gasteiger partial charge in [0.05, 0.1) is 0 Å². The van der Waals surface area contributed by atoms with Gasteiger partial charge in [-0.2, -0.15) is 0 Å². The zero-order valence-corrected chi connectivity index (χ0v) is 13.8. The summed E-state index contributed by atoms with van der Waals surface area (Å²) in [6.07, 6.45) is 2.42. The number of hydrogen-bond acceptors (Lipinski definition) is 3. The normalized spacial score (nSPS) is 16.9. The lowest BCUT2D eigenvalue weighted by Gasteiger charge is -2.36. The van der Waals surface area contributed by atoms with Crippen molar-refractivity contribution in [1.29, 1.82) is 0 Å². The van der Waals surface area contributed by atoms with Crippen molar-refractivity contribution in [2.75, 3.05) is 32.1 Å². The fraction of sp³-hybridized carbons (Fsp3) is 0.500. The van der Waals surface area contributed by atoms with Crippen LogP contribution in [0.5, 0.6) is 0 Å². The highest BCUT2D eigenvalue weighted by atomic mass is 79.9. The molecule has 0 amide bonds. The van der Waals surface area contributed by atoms with Gasteiger partial charge in [-0.15, -0.1) is 0 Å². The number of nitrogens with zero attached hydrogens (tertiary/aromatic N) is 2. The first-order chi connectivity index (χ1) is 8.99. The highest BCUT2D eigenvalue weighted by Gasteiger charge is 2.21. The first-order valence-corrected chi connectivity index (χ1v) is 7.70. The highest BCUT2D eigenvalue weighted by Crippen LogP contribution is 2.27. The standard InChI is InChI=1S/C14H20BrN3S/c1-17(2)10-5-7-18(8-6-10)11-3-4-12(14(16)19)13(15)9-11/h3-4,9-10H,5-8H2,1-2H3,(H2,16,19). The first-order valence-electron chi connectivity index (χ1n) is 6.50. The van der Waals surface area contributed by atoms with E-state index in [1.807, 2.05) is 6.07 Å². The Bertz CT molecular complexity index is 468. The van der Waals surface area contributed by atoms with E-state index in [1.54, 1.807) is 0 Å². The van der Waals surface area contributed by atoms with E-state index in [9.17, 15) is 0 Å². The van der Waals surface area contributed by atoms with Gasteiger partial charge >= 0.3 is 0 Å². The number of hydrogen-bond donors (Lipinski definition) is 1. The Balaban J connectivity index is 2.08. The molecule has 0 atom stereocenters. The van der Waals surface area contributed by atoms with Crippen molar-refractivity contribution in [3.8, 4) is 0 Å². The van der Waals surface area contributed by atoms with E-state index in [-0.39, 0.29) is 0 Å². The van der Waals surface area contributed by atoms with E-state index in [0.29, 0.717) is 11.0 Å². The predicted octanol–water partition coefficient (Wildman–Crippen LogP) is 2.61. The van der Waals surface area contributed by atoms with Gasteiger partial charge in [0.25, 0.3) is 0 Å². The van der Waals surface area contributed by atoms with Crippen molar-refractivity contribution in [2.45, 2.75) is 18.9 Å². The molecule has 2 N–H and O–H groups in total. The van der Waals surface area contributed by atoms with Crippen LogP contribution in [0.25, 0.3) is 0 Å². The quantitative estimate of drug-likeness (QED) is 0.856. The van der Waals surface area contributed by atoms with Crippen LogP contribution in [0.1, 0.15) is 18.4 Å². The maximum absolute atomic E-state index is 5.68. The topological polar surface area (TPSA) is 32.5 Å². The number of nitrogens with two attached hydrogens (primary N) is 1. The molecule has 1 aliphatic heterocycles. The van der Waals surface area contributed by atoms with Crippen LogP contribution in [0.4, 0.5) is 5.69 Å². The molecule has 1 aromatic carbocycles. The Morgan fingerprint density at radius 3 is 2.47 bits per heavy atom. The third kappa shape index (κ3) is 3.46. The maximum Gasteiger partial charge on any atom is 0.105 e. The van der Waals surface area contributed by atoms with Crippen LogP contribution in [0.15, 0.2) is 22.7 Å². The van der Waals surface area contributed by atoms with Crippen molar-refractivity contribution < 1.29 is 0 Å². The van der Waals surface area contributed by atoms with Crippen molar-refractivity contribution in [3.05, 3.63) is 28.2 Å². The SMILES string of the molecule is CN(C)C1CCN(c2ccc(C(N)=S)c(Br)c2)CC1. The minimum absolute atomic E-state index is 0.435. The van der Waals surface area contributed by atoms with E-state index in [1.165, 1.54) is 18.5 Å². The average Bonchev–Trinajstić information content (AvgIpc) is 2.38. The molecule has 0 bridgehead atoms. The molecule has 0 spiro atoms. The molecule has 1 aliphatic rings. The van der Waals surface area contributed by atoms with Crippen LogP contribution < -0.4 is 10.6 Å². The van der Waals surface area contributed by atoms with E-state index < -0.39 is 0 Å². The number of benzene rings is 1. The smallest absolute Gasteiger partial charge is 0.105 e. The van der Waals surface area contributed by atoms with E-state index in [4.69, 9.17) is 18.0 Å². The molecule has 1 fully saturated rings.